The van der Waals surface area contributed by atoms with Crippen LogP contribution in [0.2, 0.25) is 0 Å². The van der Waals surface area contributed by atoms with Crippen molar-refractivity contribution in [1.29, 1.82) is 0 Å². The molecule has 528 valence electrons. The van der Waals surface area contributed by atoms with Gasteiger partial charge in [-0.2, -0.15) is 0 Å². The molecule has 0 saturated heterocycles. The summed E-state index contributed by atoms with van der Waals surface area (Å²) in [6.45, 7) is 4.29. The number of aryl methyl sites for hydroxylation is 2. The summed E-state index contributed by atoms with van der Waals surface area (Å²) in [6.07, 6.45) is 0. The van der Waals surface area contributed by atoms with Crippen LogP contribution in [0.3, 0.4) is 0 Å². The molecule has 11 heteroatoms. The Balaban J connectivity index is 0.000000151. The second kappa shape index (κ2) is 29.3. The molecule has 0 bridgehead atoms. The van der Waals surface area contributed by atoms with E-state index in [1.807, 2.05) is 218 Å². The van der Waals surface area contributed by atoms with E-state index in [9.17, 15) is 4.57 Å². The molecule has 0 aliphatic carbocycles. The Morgan fingerprint density at radius 2 is 0.473 bits per heavy atom. The first-order chi connectivity index (χ1) is 55.2. The Hall–Kier alpha value is -14.4. The van der Waals surface area contributed by atoms with Crippen molar-refractivity contribution >= 4 is 88.5 Å². The maximum atomic E-state index is 14.9. The largest absolute Gasteiger partial charge is 0.309 e. The molecule has 0 amide bonds. The van der Waals surface area contributed by atoms with Gasteiger partial charge in [0, 0.05) is 98.3 Å². The van der Waals surface area contributed by atoms with Gasteiger partial charge >= 0.3 is 0 Å². The van der Waals surface area contributed by atoms with E-state index in [4.69, 9.17) is 44.9 Å². The smallest absolute Gasteiger partial charge is 0.171 e. The quantitative estimate of drug-likeness (QED) is 0.0811. The Morgan fingerprint density at radius 1 is 0.196 bits per heavy atom. The third kappa shape index (κ3) is 12.7. The van der Waals surface area contributed by atoms with E-state index in [-0.39, 0.29) is 0 Å². The molecule has 5 heterocycles. The van der Waals surface area contributed by atoms with Crippen LogP contribution in [0.1, 0.15) is 11.1 Å². The van der Waals surface area contributed by atoms with Crippen LogP contribution in [0.5, 0.6) is 0 Å². The molecule has 0 aliphatic heterocycles. The summed E-state index contributed by atoms with van der Waals surface area (Å²) < 4.78 is 14.9. The lowest BCUT2D eigenvalue weighted by Gasteiger charge is -2.20. The maximum Gasteiger partial charge on any atom is 0.171 e. The molecule has 0 saturated carbocycles. The first kappa shape index (κ1) is 68.1. The van der Waals surface area contributed by atoms with Crippen LogP contribution in [0.15, 0.2) is 376 Å². The molecule has 0 fully saturated rings. The van der Waals surface area contributed by atoms with Crippen molar-refractivity contribution in [3.05, 3.63) is 387 Å². The summed E-state index contributed by atoms with van der Waals surface area (Å²) in [5.74, 6) is 1.83. The fourth-order valence-electron chi connectivity index (χ4n) is 15.5. The number of rotatable bonds is 13. The van der Waals surface area contributed by atoms with E-state index >= 15 is 0 Å². The lowest BCUT2D eigenvalue weighted by atomic mass is 9.94. The monoisotopic (exact) mass is 1450 g/mol. The molecule has 15 aromatic carbocycles. The number of benzene rings is 15. The SMILES string of the molecule is Cc1cc2nc(-c3ccccc3)c(-c3ccccc3)nc2c2c1c(-c1ccc(-c3ccc(P(=O)(c4ccccc4)c4ccccc4)cc3)cc1)nc1ccccc12.Cc1cc2nc(-c3ccccc3)c(-c3ccccc3)nc2c2c1c(-c1cccc(-c3nc(-c4ccccc4)nc(-c4ccccc4)n3)c1)nc1ccccc12. The molecule has 0 aliphatic rings. The number of fused-ring (bicyclic) bond motifs is 10. The van der Waals surface area contributed by atoms with Crippen molar-refractivity contribution in [3.63, 3.8) is 0 Å². The Labute approximate surface area is 647 Å². The van der Waals surface area contributed by atoms with Crippen LogP contribution in [0.4, 0.5) is 0 Å². The van der Waals surface area contributed by atoms with Crippen molar-refractivity contribution in [2.24, 2.45) is 0 Å². The first-order valence-electron chi connectivity index (χ1n) is 37.4. The predicted molar refractivity (Wildman–Crippen MR) is 461 cm³/mol. The fraction of sp³-hybridized carbons (Fsp3) is 0.0198. The van der Waals surface area contributed by atoms with Gasteiger partial charge in [-0.05, 0) is 66.4 Å². The molecule has 10 nitrogen and oxygen atoms in total. The standard InChI is InChI=1S/C52H36N3OP.C49H32N6/c1-35-34-46-52(55-51(39-18-8-3-9-19-39)50(54-46)38-16-6-2-7-17-38)48-44-24-14-15-25-45(44)53-49(47(35)48)40-28-26-36(27-29-40)37-30-32-43(33-31-37)57(56,41-20-10-4-11-21-41)42-22-12-5-13-23-42;1-31-29-40-46(52-45(33-19-8-3-9-20-33)44(51-40)32-17-6-2-7-18-32)42-38-27-14-15-28-39(38)50-43(41(31)42)36-25-16-26-37(30-36)49-54-47(34-21-10-4-11-22-34)53-48(55-49)35-23-12-5-13-24-35/h2-34H,1H3;2-30H,1H3. The van der Waals surface area contributed by atoms with E-state index in [2.05, 4.69) is 172 Å². The summed E-state index contributed by atoms with van der Waals surface area (Å²) in [7, 11) is -3.06. The lowest BCUT2D eigenvalue weighted by Crippen LogP contribution is -2.24. The summed E-state index contributed by atoms with van der Waals surface area (Å²) in [5.41, 5.74) is 23.4. The van der Waals surface area contributed by atoms with Crippen LogP contribution >= 0.6 is 7.14 Å². The molecule has 20 aromatic rings. The van der Waals surface area contributed by atoms with Crippen LogP contribution in [0.25, 0.3) is 178 Å². The van der Waals surface area contributed by atoms with Crippen molar-refractivity contribution in [2.75, 3.05) is 0 Å². The molecule has 5 aromatic heterocycles. The molecule has 20 rings (SSSR count). The average Bonchev–Trinajstić information content (AvgIpc) is 0.725. The highest BCUT2D eigenvalue weighted by molar-refractivity contribution is 7.85. The van der Waals surface area contributed by atoms with Crippen molar-refractivity contribution in [1.82, 2.24) is 44.9 Å². The lowest BCUT2D eigenvalue weighted by molar-refractivity contribution is 0.592. The fourth-order valence-corrected chi connectivity index (χ4v) is 18.1. The topological polar surface area (TPSA) is 133 Å². The highest BCUT2D eigenvalue weighted by atomic mass is 31.2. The van der Waals surface area contributed by atoms with E-state index in [0.717, 1.165) is 188 Å². The van der Waals surface area contributed by atoms with Gasteiger partial charge in [0.05, 0.1) is 67.3 Å². The molecule has 0 spiro atoms. The van der Waals surface area contributed by atoms with Crippen LogP contribution in [-0.2, 0) is 4.57 Å². The number of para-hydroxylation sites is 2. The normalized spacial score (nSPS) is 11.5. The van der Waals surface area contributed by atoms with Gasteiger partial charge in [0.25, 0.3) is 0 Å². The Morgan fingerprint density at radius 3 is 0.875 bits per heavy atom. The number of hydrogen-bond acceptors (Lipinski definition) is 10. The van der Waals surface area contributed by atoms with Gasteiger partial charge in [-0.3, -0.25) is 0 Å². The van der Waals surface area contributed by atoms with Crippen molar-refractivity contribution in [3.8, 4) is 113 Å². The Kier molecular flexibility index (Phi) is 17.8. The van der Waals surface area contributed by atoms with E-state index in [0.29, 0.717) is 17.5 Å². The zero-order valence-electron chi connectivity index (χ0n) is 61.2. The van der Waals surface area contributed by atoms with Gasteiger partial charge < -0.3 is 4.57 Å². The van der Waals surface area contributed by atoms with Gasteiger partial charge in [0.1, 0.15) is 0 Å². The highest BCUT2D eigenvalue weighted by Gasteiger charge is 2.30. The van der Waals surface area contributed by atoms with Gasteiger partial charge in [0.2, 0.25) is 0 Å². The van der Waals surface area contributed by atoms with Gasteiger partial charge in [-0.25, -0.2) is 44.9 Å². The number of aromatic nitrogens is 9. The molecule has 0 radical (unpaired) electrons. The summed E-state index contributed by atoms with van der Waals surface area (Å²) in [6, 6.07) is 127. The summed E-state index contributed by atoms with van der Waals surface area (Å²) >= 11 is 0. The number of hydrogen-bond donors (Lipinski definition) is 0. The van der Waals surface area contributed by atoms with E-state index in [1.165, 1.54) is 0 Å². The number of pyridine rings is 2. The molecule has 0 atom stereocenters. The Bertz CT molecular complexity index is 6890. The molecule has 112 heavy (non-hydrogen) atoms. The van der Waals surface area contributed by atoms with E-state index < -0.39 is 7.14 Å². The van der Waals surface area contributed by atoms with Gasteiger partial charge in [-0.1, -0.05) is 346 Å². The first-order valence-corrected chi connectivity index (χ1v) is 39.1. The molecular weight excluding hydrogens is 1390 g/mol. The van der Waals surface area contributed by atoms with E-state index in [1.54, 1.807) is 0 Å². The minimum Gasteiger partial charge on any atom is -0.309 e. The van der Waals surface area contributed by atoms with Gasteiger partial charge in [0.15, 0.2) is 24.6 Å². The second-order valence-electron chi connectivity index (χ2n) is 27.9. The minimum absolute atomic E-state index is 0.591. The summed E-state index contributed by atoms with van der Waals surface area (Å²) in [4.78, 5) is 47.3. The highest BCUT2D eigenvalue weighted by Crippen LogP contribution is 2.46. The van der Waals surface area contributed by atoms with Gasteiger partial charge in [-0.15, -0.1) is 0 Å². The van der Waals surface area contributed by atoms with Crippen LogP contribution in [-0.4, -0.2) is 44.9 Å². The molecule has 0 unspecified atom stereocenters. The van der Waals surface area contributed by atoms with Crippen molar-refractivity contribution in [2.45, 2.75) is 13.8 Å². The van der Waals surface area contributed by atoms with Crippen LogP contribution < -0.4 is 15.9 Å². The minimum atomic E-state index is -3.06. The number of nitrogens with zero attached hydrogens (tertiary/aromatic N) is 9. The zero-order chi connectivity index (χ0) is 75.1. The third-order valence-electron chi connectivity index (χ3n) is 20.8. The van der Waals surface area contributed by atoms with Crippen molar-refractivity contribution < 1.29 is 4.57 Å². The molecule has 0 N–H and O–H groups in total. The summed E-state index contributed by atoms with van der Waals surface area (Å²) in [5, 5.41) is 8.72. The maximum absolute atomic E-state index is 14.9. The predicted octanol–water partition coefficient (Wildman–Crippen LogP) is 23.8. The zero-order valence-corrected chi connectivity index (χ0v) is 62.1. The average molecular weight is 1450 g/mol. The second-order valence-corrected chi connectivity index (χ2v) is 30.7. The molecular formula is C101H68N9OP. The van der Waals surface area contributed by atoms with Crippen LogP contribution in [0, 0.1) is 13.8 Å². The third-order valence-corrected chi connectivity index (χ3v) is 23.9.